The van der Waals surface area contributed by atoms with Gasteiger partial charge in [-0.3, -0.25) is 4.79 Å². The predicted octanol–water partition coefficient (Wildman–Crippen LogP) is 2.99. The van der Waals surface area contributed by atoms with Gasteiger partial charge in [0.05, 0.1) is 6.10 Å². The summed E-state index contributed by atoms with van der Waals surface area (Å²) >= 11 is 0. The molecule has 0 aromatic carbocycles. The normalized spacial score (nSPS) is 61.2. The molecule has 24 heavy (non-hydrogen) atoms. The van der Waals surface area contributed by atoms with E-state index in [1.807, 2.05) is 0 Å². The number of ether oxygens (including phenoxy) is 1. The first-order valence-corrected chi connectivity index (χ1v) is 9.63. The zero-order valence-electron chi connectivity index (χ0n) is 14.6. The molecule has 5 rings (SSSR count). The molecule has 1 heterocycles. The Hall–Kier alpha value is -0.920. The molecule has 5 fully saturated rings. The van der Waals surface area contributed by atoms with Gasteiger partial charge < -0.3 is 14.7 Å². The SMILES string of the molecule is [C-]#[N+]C1CC2(C)C3CCC4(C)C(O)CCC4C3CCC23OC3C1=O. The number of hydrogen-bond acceptors (Lipinski definition) is 3. The molecule has 1 N–H and O–H groups in total. The van der Waals surface area contributed by atoms with Crippen LogP contribution in [0.5, 0.6) is 0 Å². The summed E-state index contributed by atoms with van der Waals surface area (Å²) in [6.45, 7) is 12.1. The Labute approximate surface area is 143 Å². The highest BCUT2D eigenvalue weighted by atomic mass is 16.6. The molecule has 1 aliphatic heterocycles. The van der Waals surface area contributed by atoms with Gasteiger partial charge in [0.15, 0.2) is 6.10 Å². The molecule has 1 spiro atoms. The summed E-state index contributed by atoms with van der Waals surface area (Å²) in [6, 6.07) is -0.503. The van der Waals surface area contributed by atoms with Crippen LogP contribution in [-0.4, -0.2) is 34.7 Å². The number of nitrogens with zero attached hydrogens (tertiary/aromatic N) is 1. The molecule has 4 saturated carbocycles. The van der Waals surface area contributed by atoms with Gasteiger partial charge in [0.25, 0.3) is 6.04 Å². The molecule has 0 bridgehead atoms. The van der Waals surface area contributed by atoms with Gasteiger partial charge in [-0.25, -0.2) is 6.57 Å². The van der Waals surface area contributed by atoms with E-state index in [1.54, 1.807) is 0 Å². The summed E-state index contributed by atoms with van der Waals surface area (Å²) in [5.41, 5.74) is -0.231. The van der Waals surface area contributed by atoms with E-state index < -0.39 is 6.04 Å². The molecule has 4 nitrogen and oxygen atoms in total. The van der Waals surface area contributed by atoms with E-state index in [2.05, 4.69) is 18.7 Å². The highest BCUT2D eigenvalue weighted by Gasteiger charge is 2.79. The number of hydrogen-bond donors (Lipinski definition) is 1. The Balaban J connectivity index is 1.53. The minimum atomic E-state index is -0.503. The molecule has 9 atom stereocenters. The number of aliphatic hydroxyl groups is 1. The van der Waals surface area contributed by atoms with Crippen molar-refractivity contribution in [2.75, 3.05) is 0 Å². The lowest BCUT2D eigenvalue weighted by Gasteiger charge is -2.58. The summed E-state index contributed by atoms with van der Waals surface area (Å²) < 4.78 is 6.08. The van der Waals surface area contributed by atoms with Gasteiger partial charge in [0.1, 0.15) is 5.60 Å². The second kappa shape index (κ2) is 4.43. The summed E-state index contributed by atoms with van der Waals surface area (Å²) in [7, 11) is 0. The van der Waals surface area contributed by atoms with Crippen molar-refractivity contribution in [3.05, 3.63) is 11.4 Å². The van der Waals surface area contributed by atoms with Crippen LogP contribution in [0.4, 0.5) is 0 Å². The fourth-order valence-corrected chi connectivity index (χ4v) is 7.63. The predicted molar refractivity (Wildman–Crippen MR) is 88.0 cm³/mol. The monoisotopic (exact) mass is 329 g/mol. The van der Waals surface area contributed by atoms with Crippen LogP contribution >= 0.6 is 0 Å². The minimum absolute atomic E-state index is 0.0397. The molecule has 0 aromatic rings. The van der Waals surface area contributed by atoms with Crippen molar-refractivity contribution in [2.24, 2.45) is 28.6 Å². The van der Waals surface area contributed by atoms with E-state index >= 15 is 0 Å². The van der Waals surface area contributed by atoms with Gasteiger partial charge in [-0.1, -0.05) is 13.8 Å². The molecule has 0 amide bonds. The van der Waals surface area contributed by atoms with Crippen LogP contribution in [-0.2, 0) is 9.53 Å². The molecule has 4 heteroatoms. The molecule has 0 aromatic heterocycles. The Morgan fingerprint density at radius 2 is 1.96 bits per heavy atom. The second-order valence-corrected chi connectivity index (χ2v) is 9.61. The maximum atomic E-state index is 12.5. The van der Waals surface area contributed by atoms with Crippen molar-refractivity contribution in [3.8, 4) is 0 Å². The van der Waals surface area contributed by atoms with Crippen molar-refractivity contribution in [1.29, 1.82) is 0 Å². The van der Waals surface area contributed by atoms with Crippen LogP contribution in [0.25, 0.3) is 4.85 Å². The van der Waals surface area contributed by atoms with E-state index in [1.165, 1.54) is 0 Å². The largest absolute Gasteiger partial charge is 0.393 e. The Morgan fingerprint density at radius 3 is 2.71 bits per heavy atom. The van der Waals surface area contributed by atoms with Crippen molar-refractivity contribution >= 4 is 5.78 Å². The number of carbonyl (C=O) groups is 1. The van der Waals surface area contributed by atoms with Gasteiger partial charge in [0.2, 0.25) is 5.78 Å². The van der Waals surface area contributed by atoms with Crippen LogP contribution in [0, 0.1) is 35.2 Å². The Morgan fingerprint density at radius 1 is 1.17 bits per heavy atom. The van der Waals surface area contributed by atoms with Gasteiger partial charge in [-0.15, -0.1) is 0 Å². The van der Waals surface area contributed by atoms with Crippen LogP contribution in [0.1, 0.15) is 58.8 Å². The summed E-state index contributed by atoms with van der Waals surface area (Å²) in [5, 5.41) is 10.5. The van der Waals surface area contributed by atoms with Gasteiger partial charge in [-0.05, 0) is 61.7 Å². The first-order valence-electron chi connectivity index (χ1n) is 9.63. The third kappa shape index (κ3) is 1.51. The average Bonchev–Trinajstić information content (AvgIpc) is 3.23. The minimum Gasteiger partial charge on any atom is -0.393 e. The summed E-state index contributed by atoms with van der Waals surface area (Å²) in [5.74, 6) is 1.80. The van der Waals surface area contributed by atoms with Crippen molar-refractivity contribution < 1.29 is 14.6 Å². The Bertz CT molecular complexity index is 656. The third-order valence-electron chi connectivity index (χ3n) is 9.08. The number of ketones is 1. The topological polar surface area (TPSA) is 54.2 Å². The number of rotatable bonds is 0. The van der Waals surface area contributed by atoms with Gasteiger partial charge in [-0.2, -0.15) is 0 Å². The van der Waals surface area contributed by atoms with E-state index in [4.69, 9.17) is 11.3 Å². The highest BCUT2D eigenvalue weighted by Crippen LogP contribution is 2.72. The maximum absolute atomic E-state index is 12.5. The highest BCUT2D eigenvalue weighted by molar-refractivity contribution is 5.94. The zero-order valence-corrected chi connectivity index (χ0v) is 14.6. The van der Waals surface area contributed by atoms with E-state index in [-0.39, 0.29) is 34.4 Å². The fourth-order valence-electron chi connectivity index (χ4n) is 7.63. The maximum Gasteiger partial charge on any atom is 0.284 e. The fraction of sp³-hybridized carbons (Fsp3) is 0.900. The summed E-state index contributed by atoms with van der Waals surface area (Å²) in [4.78, 5) is 16.1. The molecule has 1 saturated heterocycles. The standard InChI is InChI=1S/C20H27NO3/c1-18-8-7-13-11(12(18)4-5-15(18)22)6-9-20-17(24-20)16(23)14(21-3)10-19(13,20)2/h11-15,17,22H,4-10H2,1-2H3. The van der Waals surface area contributed by atoms with Crippen molar-refractivity contribution in [3.63, 3.8) is 0 Å². The quantitative estimate of drug-likeness (QED) is 0.549. The number of Topliss-reactive ketones (excluding diaryl/α,β-unsaturated/α-hetero) is 1. The van der Waals surface area contributed by atoms with E-state index in [9.17, 15) is 9.90 Å². The smallest absolute Gasteiger partial charge is 0.284 e. The number of aliphatic hydroxyl groups excluding tert-OH is 1. The molecular weight excluding hydrogens is 302 g/mol. The lowest BCUT2D eigenvalue weighted by molar-refractivity contribution is -0.134. The molecule has 0 radical (unpaired) electrons. The molecular formula is C20H27NO3. The van der Waals surface area contributed by atoms with E-state index in [0.29, 0.717) is 24.2 Å². The van der Waals surface area contributed by atoms with Crippen LogP contribution in [0.2, 0.25) is 0 Å². The van der Waals surface area contributed by atoms with Crippen LogP contribution < -0.4 is 0 Å². The van der Waals surface area contributed by atoms with Crippen molar-refractivity contribution in [2.45, 2.75) is 82.6 Å². The molecule has 5 aliphatic rings. The number of carbonyl (C=O) groups excluding carboxylic acids is 1. The van der Waals surface area contributed by atoms with Crippen LogP contribution in [0.3, 0.4) is 0 Å². The average molecular weight is 329 g/mol. The number of epoxide rings is 1. The number of fused-ring (bicyclic) bond motifs is 4. The first-order chi connectivity index (χ1) is 11.4. The lowest BCUT2D eigenvalue weighted by Crippen LogP contribution is -2.60. The third-order valence-corrected chi connectivity index (χ3v) is 9.08. The van der Waals surface area contributed by atoms with Gasteiger partial charge in [0, 0.05) is 11.8 Å². The zero-order chi connectivity index (χ0) is 16.9. The summed E-state index contributed by atoms with van der Waals surface area (Å²) in [6.07, 6.45) is 6.58. The second-order valence-electron chi connectivity index (χ2n) is 9.61. The lowest BCUT2D eigenvalue weighted by atomic mass is 9.44. The molecule has 130 valence electrons. The van der Waals surface area contributed by atoms with Gasteiger partial charge >= 0.3 is 0 Å². The first kappa shape index (κ1) is 15.3. The molecule has 4 aliphatic carbocycles. The Kier molecular flexibility index (Phi) is 2.83. The molecule has 9 unspecified atom stereocenters. The van der Waals surface area contributed by atoms with Crippen LogP contribution in [0.15, 0.2) is 0 Å². The van der Waals surface area contributed by atoms with E-state index in [0.717, 1.165) is 38.5 Å². The van der Waals surface area contributed by atoms with Crippen molar-refractivity contribution in [1.82, 2.24) is 0 Å².